The Kier molecular flexibility index (Phi) is 4.67. The fourth-order valence-electron chi connectivity index (χ4n) is 2.43. The highest BCUT2D eigenvalue weighted by molar-refractivity contribution is 6.33. The fraction of sp³-hybridized carbons (Fsp3) is 0.105. The Morgan fingerprint density at radius 3 is 2.54 bits per heavy atom. The second-order valence-electron chi connectivity index (χ2n) is 5.54. The number of carbonyl (C=O) groups excluding carboxylic acids is 1. The zero-order chi connectivity index (χ0) is 17.1. The zero-order valence-electron chi connectivity index (χ0n) is 13.0. The van der Waals surface area contributed by atoms with Crippen molar-refractivity contribution in [1.82, 2.24) is 0 Å². The third-order valence-corrected chi connectivity index (χ3v) is 4.03. The Labute approximate surface area is 144 Å². The van der Waals surface area contributed by atoms with Crippen LogP contribution in [0.3, 0.4) is 0 Å². The van der Waals surface area contributed by atoms with Crippen molar-refractivity contribution < 1.29 is 9.18 Å². The van der Waals surface area contributed by atoms with Gasteiger partial charge in [0, 0.05) is 5.69 Å². The number of hydrogen-bond donors (Lipinski definition) is 2. The Hall–Kier alpha value is -2.59. The lowest BCUT2D eigenvalue weighted by Crippen LogP contribution is -2.31. The van der Waals surface area contributed by atoms with Gasteiger partial charge in [0.25, 0.3) is 0 Å². The summed E-state index contributed by atoms with van der Waals surface area (Å²) >= 11 is 5.93. The number of rotatable bonds is 4. The molecule has 2 N–H and O–H groups in total. The predicted octanol–water partition coefficient (Wildman–Crippen LogP) is 5.07. The summed E-state index contributed by atoms with van der Waals surface area (Å²) in [6.45, 7) is 1.75. The molecule has 0 spiro atoms. The van der Waals surface area contributed by atoms with Crippen LogP contribution < -0.4 is 10.6 Å². The minimum atomic E-state index is -0.479. The molecule has 0 aliphatic carbocycles. The monoisotopic (exact) mass is 342 g/mol. The molecule has 0 unspecified atom stereocenters. The fourth-order valence-corrected chi connectivity index (χ4v) is 2.64. The smallest absolute Gasteiger partial charge is 0.246 e. The molecule has 3 nitrogen and oxygen atoms in total. The molecule has 1 atom stereocenters. The lowest BCUT2D eigenvalue weighted by atomic mass is 10.1. The van der Waals surface area contributed by atoms with E-state index in [1.807, 2.05) is 42.5 Å². The van der Waals surface area contributed by atoms with Gasteiger partial charge in [-0.3, -0.25) is 4.79 Å². The van der Waals surface area contributed by atoms with Crippen LogP contribution in [-0.2, 0) is 4.79 Å². The van der Waals surface area contributed by atoms with Crippen LogP contribution in [0, 0.1) is 5.82 Å². The van der Waals surface area contributed by atoms with Crippen molar-refractivity contribution >= 4 is 39.7 Å². The molecule has 5 heteroatoms. The van der Waals surface area contributed by atoms with E-state index in [1.165, 1.54) is 18.2 Å². The lowest BCUT2D eigenvalue weighted by Gasteiger charge is -2.16. The summed E-state index contributed by atoms with van der Waals surface area (Å²) in [5, 5.41) is 8.25. The van der Waals surface area contributed by atoms with Crippen LogP contribution in [0.1, 0.15) is 6.92 Å². The molecule has 0 aromatic heterocycles. The Balaban J connectivity index is 1.70. The second-order valence-corrected chi connectivity index (χ2v) is 5.95. The van der Waals surface area contributed by atoms with E-state index < -0.39 is 11.9 Å². The number of anilines is 2. The number of hydrogen-bond acceptors (Lipinski definition) is 2. The summed E-state index contributed by atoms with van der Waals surface area (Å²) < 4.78 is 13.0. The van der Waals surface area contributed by atoms with Gasteiger partial charge >= 0.3 is 0 Å². The molecular weight excluding hydrogens is 327 g/mol. The molecular formula is C19H16ClFN2O. The summed E-state index contributed by atoms with van der Waals surface area (Å²) in [5.74, 6) is -0.697. The maximum absolute atomic E-state index is 13.0. The molecule has 3 rings (SSSR count). The number of benzene rings is 3. The van der Waals surface area contributed by atoms with E-state index in [4.69, 9.17) is 11.6 Å². The standard InChI is InChI=1S/C19H16ClFN2O/c1-12(19(24)23-18-9-7-15(21)11-17(18)20)22-16-8-6-13-4-2-3-5-14(13)10-16/h2-12,22H,1H3,(H,23,24)/t12-/m1/s1. The van der Waals surface area contributed by atoms with E-state index in [9.17, 15) is 9.18 Å². The van der Waals surface area contributed by atoms with Crippen LogP contribution >= 0.6 is 11.6 Å². The zero-order valence-corrected chi connectivity index (χ0v) is 13.8. The van der Waals surface area contributed by atoms with Crippen molar-refractivity contribution in [2.45, 2.75) is 13.0 Å². The van der Waals surface area contributed by atoms with Gasteiger partial charge in [-0.1, -0.05) is 41.9 Å². The molecule has 0 aliphatic rings. The van der Waals surface area contributed by atoms with Crippen molar-refractivity contribution in [2.75, 3.05) is 10.6 Å². The maximum Gasteiger partial charge on any atom is 0.246 e. The lowest BCUT2D eigenvalue weighted by molar-refractivity contribution is -0.116. The third kappa shape index (κ3) is 3.66. The number of amides is 1. The van der Waals surface area contributed by atoms with Gasteiger partial charge < -0.3 is 10.6 Å². The first kappa shape index (κ1) is 16.3. The van der Waals surface area contributed by atoms with Gasteiger partial charge in [0.1, 0.15) is 11.9 Å². The van der Waals surface area contributed by atoms with E-state index in [1.54, 1.807) is 6.92 Å². The van der Waals surface area contributed by atoms with Gasteiger partial charge in [-0.25, -0.2) is 4.39 Å². The van der Waals surface area contributed by atoms with Crippen LogP contribution in [0.15, 0.2) is 60.7 Å². The molecule has 0 fully saturated rings. The number of carbonyl (C=O) groups is 1. The van der Waals surface area contributed by atoms with Crippen LogP contribution in [-0.4, -0.2) is 11.9 Å². The molecule has 3 aromatic rings. The molecule has 122 valence electrons. The summed E-state index contributed by atoms with van der Waals surface area (Å²) in [6, 6.07) is 17.3. The van der Waals surface area contributed by atoms with Gasteiger partial charge in [0.05, 0.1) is 10.7 Å². The molecule has 3 aromatic carbocycles. The largest absolute Gasteiger partial charge is 0.374 e. The number of fused-ring (bicyclic) bond motifs is 1. The highest BCUT2D eigenvalue weighted by atomic mass is 35.5. The maximum atomic E-state index is 13.0. The summed E-state index contributed by atoms with van der Waals surface area (Å²) in [4.78, 5) is 12.3. The van der Waals surface area contributed by atoms with E-state index in [2.05, 4.69) is 10.6 Å². The quantitative estimate of drug-likeness (QED) is 0.695. The summed E-state index contributed by atoms with van der Waals surface area (Å²) in [6.07, 6.45) is 0. The topological polar surface area (TPSA) is 41.1 Å². The normalized spacial score (nSPS) is 12.0. The summed E-state index contributed by atoms with van der Waals surface area (Å²) in [5.41, 5.74) is 1.23. The van der Waals surface area contributed by atoms with Crippen LogP contribution in [0.2, 0.25) is 5.02 Å². The van der Waals surface area contributed by atoms with Crippen molar-refractivity contribution in [1.29, 1.82) is 0 Å². The molecule has 0 radical (unpaired) electrons. The highest BCUT2D eigenvalue weighted by Gasteiger charge is 2.14. The van der Waals surface area contributed by atoms with E-state index in [-0.39, 0.29) is 10.9 Å². The van der Waals surface area contributed by atoms with Crippen molar-refractivity contribution in [3.8, 4) is 0 Å². The molecule has 1 amide bonds. The minimum Gasteiger partial charge on any atom is -0.374 e. The van der Waals surface area contributed by atoms with E-state index in [0.29, 0.717) is 5.69 Å². The van der Waals surface area contributed by atoms with Crippen molar-refractivity contribution in [3.63, 3.8) is 0 Å². The van der Waals surface area contributed by atoms with Gasteiger partial charge in [-0.2, -0.15) is 0 Å². The van der Waals surface area contributed by atoms with Crippen LogP contribution in [0.25, 0.3) is 10.8 Å². The van der Waals surface area contributed by atoms with Crippen LogP contribution in [0.5, 0.6) is 0 Å². The average molecular weight is 343 g/mol. The summed E-state index contributed by atoms with van der Waals surface area (Å²) in [7, 11) is 0. The van der Waals surface area contributed by atoms with E-state index in [0.717, 1.165) is 16.5 Å². The molecule has 0 saturated carbocycles. The SMILES string of the molecule is C[C@@H](Nc1ccc2ccccc2c1)C(=O)Nc1ccc(F)cc1Cl. The average Bonchev–Trinajstić information content (AvgIpc) is 2.57. The van der Waals surface area contributed by atoms with Gasteiger partial charge in [0.2, 0.25) is 5.91 Å². The number of halogens is 2. The first-order chi connectivity index (χ1) is 11.5. The van der Waals surface area contributed by atoms with Gasteiger partial charge in [-0.05, 0) is 48.0 Å². The predicted molar refractivity (Wildman–Crippen MR) is 97.1 cm³/mol. The Morgan fingerprint density at radius 1 is 1.04 bits per heavy atom. The molecule has 0 bridgehead atoms. The molecule has 0 heterocycles. The van der Waals surface area contributed by atoms with Crippen molar-refractivity contribution in [3.05, 3.63) is 71.5 Å². The highest BCUT2D eigenvalue weighted by Crippen LogP contribution is 2.23. The first-order valence-corrected chi connectivity index (χ1v) is 7.92. The number of nitrogens with one attached hydrogen (secondary N) is 2. The molecule has 0 saturated heterocycles. The molecule has 0 aliphatic heterocycles. The van der Waals surface area contributed by atoms with Gasteiger partial charge in [-0.15, -0.1) is 0 Å². The minimum absolute atomic E-state index is 0.168. The second kappa shape index (κ2) is 6.89. The van der Waals surface area contributed by atoms with E-state index >= 15 is 0 Å². The van der Waals surface area contributed by atoms with Gasteiger partial charge in [0.15, 0.2) is 0 Å². The Bertz CT molecular complexity index is 897. The Morgan fingerprint density at radius 2 is 1.79 bits per heavy atom. The first-order valence-electron chi connectivity index (χ1n) is 7.54. The molecule has 24 heavy (non-hydrogen) atoms. The van der Waals surface area contributed by atoms with Crippen molar-refractivity contribution in [2.24, 2.45) is 0 Å². The third-order valence-electron chi connectivity index (χ3n) is 3.71. The van der Waals surface area contributed by atoms with Crippen LogP contribution in [0.4, 0.5) is 15.8 Å².